The van der Waals surface area contributed by atoms with Crippen molar-refractivity contribution in [3.05, 3.63) is 36.5 Å². The Bertz CT molecular complexity index is 1030. The summed E-state index contributed by atoms with van der Waals surface area (Å²) >= 11 is 0. The standard InChI is InChI=1S/C55H100O6/c1-4-7-10-13-16-19-22-25-28-31-33-36-39-42-45-48-54(57)60-51-52(61-55(58)49-46-43-40-37-34-30-27-24-21-18-15-12-9-6-3)50-59-53(56)47-44-41-38-35-32-29-26-23-20-17-14-11-8-5-2/h15,18,23-24,26-27,52H,4-14,16-17,19-22,25,28-51H2,1-3H3/b18-15-,26-23-,27-24-/t52-/m1/s1. The molecule has 0 saturated carbocycles. The van der Waals surface area contributed by atoms with Crippen LogP contribution in [0.5, 0.6) is 0 Å². The van der Waals surface area contributed by atoms with Crippen LogP contribution in [0.2, 0.25) is 0 Å². The molecule has 6 heteroatoms. The predicted molar refractivity (Wildman–Crippen MR) is 261 cm³/mol. The second-order valence-corrected chi connectivity index (χ2v) is 17.8. The first-order valence-corrected chi connectivity index (χ1v) is 26.5. The maximum Gasteiger partial charge on any atom is 0.306 e. The van der Waals surface area contributed by atoms with Crippen molar-refractivity contribution in [1.29, 1.82) is 0 Å². The number of rotatable bonds is 48. The van der Waals surface area contributed by atoms with Gasteiger partial charge in [0.05, 0.1) is 0 Å². The van der Waals surface area contributed by atoms with E-state index in [0.29, 0.717) is 19.3 Å². The van der Waals surface area contributed by atoms with Gasteiger partial charge in [0.15, 0.2) is 6.10 Å². The highest BCUT2D eigenvalue weighted by Crippen LogP contribution is 2.15. The van der Waals surface area contributed by atoms with Crippen molar-refractivity contribution in [2.75, 3.05) is 13.2 Å². The van der Waals surface area contributed by atoms with Crippen LogP contribution in [0.25, 0.3) is 0 Å². The minimum absolute atomic E-state index is 0.0774. The topological polar surface area (TPSA) is 78.9 Å². The van der Waals surface area contributed by atoms with Gasteiger partial charge in [0.1, 0.15) is 13.2 Å². The summed E-state index contributed by atoms with van der Waals surface area (Å²) in [7, 11) is 0. The fraction of sp³-hybridized carbons (Fsp3) is 0.836. The van der Waals surface area contributed by atoms with Crippen LogP contribution in [0.15, 0.2) is 36.5 Å². The van der Waals surface area contributed by atoms with E-state index in [0.717, 1.165) is 89.9 Å². The van der Waals surface area contributed by atoms with E-state index in [1.165, 1.54) is 148 Å². The van der Waals surface area contributed by atoms with Gasteiger partial charge in [-0.3, -0.25) is 14.4 Å². The Kier molecular flexibility index (Phi) is 48.3. The molecule has 0 heterocycles. The summed E-state index contributed by atoms with van der Waals surface area (Å²) in [6.07, 6.45) is 58.3. The molecule has 0 aromatic carbocycles. The molecule has 0 rings (SSSR count). The minimum Gasteiger partial charge on any atom is -0.462 e. The van der Waals surface area contributed by atoms with E-state index in [2.05, 4.69) is 57.2 Å². The fourth-order valence-corrected chi connectivity index (χ4v) is 7.57. The molecule has 61 heavy (non-hydrogen) atoms. The van der Waals surface area contributed by atoms with Crippen LogP contribution in [-0.4, -0.2) is 37.2 Å². The molecule has 0 aliphatic rings. The average molecular weight is 857 g/mol. The molecule has 0 aromatic rings. The zero-order chi connectivity index (χ0) is 44.4. The minimum atomic E-state index is -0.779. The van der Waals surface area contributed by atoms with Gasteiger partial charge in [0, 0.05) is 19.3 Å². The Morgan fingerprint density at radius 1 is 0.328 bits per heavy atom. The third kappa shape index (κ3) is 48.5. The van der Waals surface area contributed by atoms with Crippen molar-refractivity contribution < 1.29 is 28.6 Å². The number of carbonyl (C=O) groups excluding carboxylic acids is 3. The van der Waals surface area contributed by atoms with Gasteiger partial charge in [0.25, 0.3) is 0 Å². The van der Waals surface area contributed by atoms with Crippen molar-refractivity contribution in [1.82, 2.24) is 0 Å². The summed E-state index contributed by atoms with van der Waals surface area (Å²) in [6.45, 7) is 6.59. The second-order valence-electron chi connectivity index (χ2n) is 17.8. The molecule has 0 N–H and O–H groups in total. The van der Waals surface area contributed by atoms with Crippen LogP contribution in [0, 0.1) is 0 Å². The molecule has 0 amide bonds. The zero-order valence-electron chi connectivity index (χ0n) is 40.7. The number of carbonyl (C=O) groups is 3. The number of allylic oxidation sites excluding steroid dienone is 6. The Morgan fingerprint density at radius 2 is 0.607 bits per heavy atom. The van der Waals surface area contributed by atoms with Gasteiger partial charge in [-0.2, -0.15) is 0 Å². The second kappa shape index (κ2) is 50.3. The van der Waals surface area contributed by atoms with Crippen molar-refractivity contribution >= 4 is 17.9 Å². The van der Waals surface area contributed by atoms with Crippen LogP contribution in [0.1, 0.15) is 278 Å². The number of esters is 3. The molecular formula is C55H100O6. The van der Waals surface area contributed by atoms with Crippen molar-refractivity contribution in [2.45, 2.75) is 284 Å². The van der Waals surface area contributed by atoms with Gasteiger partial charge >= 0.3 is 17.9 Å². The molecule has 0 bridgehead atoms. The van der Waals surface area contributed by atoms with Crippen LogP contribution in [-0.2, 0) is 28.6 Å². The first kappa shape index (κ1) is 58.6. The predicted octanol–water partition coefficient (Wildman–Crippen LogP) is 17.3. The average Bonchev–Trinajstić information content (AvgIpc) is 3.26. The van der Waals surface area contributed by atoms with Gasteiger partial charge in [0.2, 0.25) is 0 Å². The Balaban J connectivity index is 4.38. The third-order valence-corrected chi connectivity index (χ3v) is 11.6. The monoisotopic (exact) mass is 857 g/mol. The Hall–Kier alpha value is -2.37. The summed E-state index contributed by atoms with van der Waals surface area (Å²) in [6, 6.07) is 0. The van der Waals surface area contributed by atoms with Crippen LogP contribution in [0.4, 0.5) is 0 Å². The highest BCUT2D eigenvalue weighted by atomic mass is 16.6. The van der Waals surface area contributed by atoms with E-state index >= 15 is 0 Å². The van der Waals surface area contributed by atoms with Crippen molar-refractivity contribution in [2.24, 2.45) is 0 Å². The molecule has 0 spiro atoms. The molecule has 0 radical (unpaired) electrons. The molecule has 0 aromatic heterocycles. The zero-order valence-corrected chi connectivity index (χ0v) is 40.7. The van der Waals surface area contributed by atoms with Crippen molar-refractivity contribution in [3.8, 4) is 0 Å². The molecule has 1 atom stereocenters. The summed E-state index contributed by atoms with van der Waals surface area (Å²) in [5, 5.41) is 0. The van der Waals surface area contributed by atoms with E-state index in [-0.39, 0.29) is 31.1 Å². The summed E-state index contributed by atoms with van der Waals surface area (Å²) in [5.74, 6) is -0.889. The number of ether oxygens (including phenoxy) is 3. The highest BCUT2D eigenvalue weighted by molar-refractivity contribution is 5.71. The van der Waals surface area contributed by atoms with Crippen LogP contribution in [0.3, 0.4) is 0 Å². The number of hydrogen-bond acceptors (Lipinski definition) is 6. The van der Waals surface area contributed by atoms with Crippen molar-refractivity contribution in [3.63, 3.8) is 0 Å². The number of hydrogen-bond donors (Lipinski definition) is 0. The SMILES string of the molecule is CCCC/C=C\C/C=C\CCCCCCCC(=O)O[C@H](COC(=O)CCCCCCC/C=C\CCCCCCC)COC(=O)CCCCCCCCCCCCCCCCC. The molecular weight excluding hydrogens is 757 g/mol. The third-order valence-electron chi connectivity index (χ3n) is 11.6. The molecule has 356 valence electrons. The van der Waals surface area contributed by atoms with Crippen LogP contribution < -0.4 is 0 Å². The number of unbranched alkanes of at least 4 members (excludes halogenated alkanes) is 31. The maximum atomic E-state index is 12.8. The fourth-order valence-electron chi connectivity index (χ4n) is 7.57. The van der Waals surface area contributed by atoms with E-state index in [1.807, 2.05) is 0 Å². The van der Waals surface area contributed by atoms with E-state index < -0.39 is 6.10 Å². The largest absolute Gasteiger partial charge is 0.462 e. The van der Waals surface area contributed by atoms with Gasteiger partial charge in [-0.15, -0.1) is 0 Å². The lowest BCUT2D eigenvalue weighted by atomic mass is 10.0. The molecule has 0 unspecified atom stereocenters. The Morgan fingerprint density at radius 3 is 0.967 bits per heavy atom. The van der Waals surface area contributed by atoms with Gasteiger partial charge in [-0.1, -0.05) is 224 Å². The van der Waals surface area contributed by atoms with E-state index in [1.54, 1.807) is 0 Å². The summed E-state index contributed by atoms with van der Waals surface area (Å²) < 4.78 is 16.8. The van der Waals surface area contributed by atoms with Gasteiger partial charge in [-0.25, -0.2) is 0 Å². The quantitative estimate of drug-likeness (QED) is 0.0262. The maximum absolute atomic E-state index is 12.8. The van der Waals surface area contributed by atoms with Gasteiger partial charge < -0.3 is 14.2 Å². The van der Waals surface area contributed by atoms with E-state index in [4.69, 9.17) is 14.2 Å². The summed E-state index contributed by atoms with van der Waals surface area (Å²) in [5.41, 5.74) is 0. The first-order valence-electron chi connectivity index (χ1n) is 26.5. The van der Waals surface area contributed by atoms with Crippen LogP contribution >= 0.6 is 0 Å². The van der Waals surface area contributed by atoms with E-state index in [9.17, 15) is 14.4 Å². The smallest absolute Gasteiger partial charge is 0.306 e. The lowest BCUT2D eigenvalue weighted by Crippen LogP contribution is -2.30. The van der Waals surface area contributed by atoms with Gasteiger partial charge in [-0.05, 0) is 70.6 Å². The lowest BCUT2D eigenvalue weighted by Gasteiger charge is -2.18. The molecule has 0 aliphatic heterocycles. The normalized spacial score (nSPS) is 12.2. The summed E-state index contributed by atoms with van der Waals surface area (Å²) in [4.78, 5) is 38.0. The molecule has 6 nitrogen and oxygen atoms in total. The lowest BCUT2D eigenvalue weighted by molar-refractivity contribution is -0.167. The molecule has 0 fully saturated rings. The highest BCUT2D eigenvalue weighted by Gasteiger charge is 2.19. The Labute approximate surface area is 378 Å². The first-order chi connectivity index (χ1) is 30.0. The molecule has 0 aliphatic carbocycles. The molecule has 0 saturated heterocycles.